The summed E-state index contributed by atoms with van der Waals surface area (Å²) >= 11 is 3.44. The van der Waals surface area contributed by atoms with Crippen molar-refractivity contribution in [3.63, 3.8) is 0 Å². The highest BCUT2D eigenvalue weighted by Crippen LogP contribution is 2.22. The van der Waals surface area contributed by atoms with Gasteiger partial charge < -0.3 is 4.90 Å². The molecule has 0 N–H and O–H groups in total. The second kappa shape index (κ2) is 4.23. The van der Waals surface area contributed by atoms with Gasteiger partial charge in [-0.2, -0.15) is 0 Å². The molecule has 0 aliphatic carbocycles. The molecule has 2 aromatic rings. The second-order valence-electron chi connectivity index (χ2n) is 3.35. The minimum atomic E-state index is 0.900. The van der Waals surface area contributed by atoms with E-state index in [9.17, 15) is 0 Å². The molecule has 0 spiro atoms. The lowest BCUT2D eigenvalue weighted by atomic mass is 10.3. The third-order valence-electron chi connectivity index (χ3n) is 2.59. The van der Waals surface area contributed by atoms with Gasteiger partial charge in [0, 0.05) is 13.1 Å². The first kappa shape index (κ1) is 10.5. The van der Waals surface area contributed by atoms with Crippen molar-refractivity contribution < 1.29 is 0 Å². The summed E-state index contributed by atoms with van der Waals surface area (Å²) in [5.41, 5.74) is 1.11. The quantitative estimate of drug-likeness (QED) is 0.853. The van der Waals surface area contributed by atoms with Crippen molar-refractivity contribution in [1.29, 1.82) is 0 Å². The zero-order valence-electron chi connectivity index (χ0n) is 8.94. The number of halogens is 1. The van der Waals surface area contributed by atoms with E-state index in [0.29, 0.717) is 0 Å². The minimum absolute atomic E-state index is 0.900. The van der Waals surface area contributed by atoms with Gasteiger partial charge in [-0.15, -0.1) is 0 Å². The summed E-state index contributed by atoms with van der Waals surface area (Å²) in [7, 11) is 0. The average molecular weight is 268 g/mol. The molecule has 0 saturated heterocycles. The number of fused-ring (bicyclic) bond motifs is 1. The molecule has 80 valence electrons. The van der Waals surface area contributed by atoms with E-state index >= 15 is 0 Å². The third kappa shape index (κ3) is 1.74. The molecule has 2 rings (SSSR count). The van der Waals surface area contributed by atoms with Crippen molar-refractivity contribution in [3.8, 4) is 0 Å². The van der Waals surface area contributed by atoms with Crippen LogP contribution in [-0.4, -0.2) is 22.5 Å². The predicted octanol–water partition coefficient (Wildman–Crippen LogP) is 2.94. The molecule has 0 fully saturated rings. The van der Waals surface area contributed by atoms with Crippen LogP contribution < -0.4 is 4.90 Å². The summed E-state index contributed by atoms with van der Waals surface area (Å²) in [6, 6.07) is 6.24. The Kier molecular flexibility index (Phi) is 2.95. The van der Waals surface area contributed by atoms with E-state index in [1.54, 1.807) is 0 Å². The Morgan fingerprint density at radius 3 is 2.73 bits per heavy atom. The van der Waals surface area contributed by atoms with Crippen LogP contribution in [0.1, 0.15) is 13.8 Å². The molecule has 0 aliphatic rings. The maximum absolute atomic E-state index is 4.26. The van der Waals surface area contributed by atoms with E-state index in [-0.39, 0.29) is 0 Å². The van der Waals surface area contributed by atoms with Crippen molar-refractivity contribution in [2.24, 2.45) is 0 Å². The predicted molar refractivity (Wildman–Crippen MR) is 66.5 cm³/mol. The van der Waals surface area contributed by atoms with E-state index in [2.05, 4.69) is 62.3 Å². The Labute approximate surface area is 97.9 Å². The van der Waals surface area contributed by atoms with Gasteiger partial charge in [0.25, 0.3) is 0 Å². The number of imidazole rings is 1. The topological polar surface area (TPSA) is 20.5 Å². The fourth-order valence-electron chi connectivity index (χ4n) is 1.78. The zero-order valence-corrected chi connectivity index (χ0v) is 10.5. The Bertz CT molecular complexity index is 460. The Balaban J connectivity index is 2.60. The lowest BCUT2D eigenvalue weighted by Crippen LogP contribution is -2.23. The van der Waals surface area contributed by atoms with Gasteiger partial charge >= 0.3 is 0 Å². The molecule has 0 radical (unpaired) electrons. The molecule has 0 aromatic carbocycles. The number of rotatable bonds is 3. The largest absolute Gasteiger partial charge is 0.358 e. The molecule has 0 bridgehead atoms. The lowest BCUT2D eigenvalue weighted by Gasteiger charge is -2.21. The number of hydrogen-bond acceptors (Lipinski definition) is 2. The van der Waals surface area contributed by atoms with E-state index < -0.39 is 0 Å². The van der Waals surface area contributed by atoms with E-state index in [4.69, 9.17) is 0 Å². The molecule has 3 nitrogen and oxygen atoms in total. The summed E-state index contributed by atoms with van der Waals surface area (Å²) in [6.07, 6.45) is 1.85. The molecule has 2 aromatic heterocycles. The number of anilines is 1. The summed E-state index contributed by atoms with van der Waals surface area (Å²) in [5.74, 6) is 1.19. The smallest absolute Gasteiger partial charge is 0.131 e. The summed E-state index contributed by atoms with van der Waals surface area (Å²) < 4.78 is 3.01. The number of nitrogens with zero attached hydrogens (tertiary/aromatic N) is 3. The van der Waals surface area contributed by atoms with E-state index in [0.717, 1.165) is 23.2 Å². The number of hydrogen-bond donors (Lipinski definition) is 0. The van der Waals surface area contributed by atoms with Gasteiger partial charge in [0.2, 0.25) is 0 Å². The Morgan fingerprint density at radius 1 is 1.33 bits per heavy atom. The standard InChI is InChI=1S/C11H14BrN3/c1-3-14(4-2)10-7-5-6-9-11(12)13-8-15(9)10/h5-8H,3-4H2,1-2H3. The number of aromatic nitrogens is 2. The van der Waals surface area contributed by atoms with Gasteiger partial charge in [-0.25, -0.2) is 4.98 Å². The zero-order chi connectivity index (χ0) is 10.8. The molecule has 15 heavy (non-hydrogen) atoms. The SMILES string of the molecule is CCN(CC)c1cccc2c(Br)ncn12. The van der Waals surface area contributed by atoms with E-state index in [1.165, 1.54) is 5.82 Å². The van der Waals surface area contributed by atoms with Crippen molar-refractivity contribution >= 4 is 27.3 Å². The van der Waals surface area contributed by atoms with Crippen LogP contribution in [0, 0.1) is 0 Å². The molecule has 0 unspecified atom stereocenters. The molecule has 0 aliphatic heterocycles. The van der Waals surface area contributed by atoms with Crippen LogP contribution in [0.5, 0.6) is 0 Å². The van der Waals surface area contributed by atoms with Gasteiger partial charge in [-0.05, 0) is 41.9 Å². The van der Waals surface area contributed by atoms with Gasteiger partial charge in [-0.3, -0.25) is 4.40 Å². The van der Waals surface area contributed by atoms with Crippen LogP contribution in [0.3, 0.4) is 0 Å². The second-order valence-corrected chi connectivity index (χ2v) is 4.10. The first-order chi connectivity index (χ1) is 7.27. The summed E-state index contributed by atoms with van der Waals surface area (Å²) in [4.78, 5) is 6.57. The monoisotopic (exact) mass is 267 g/mol. The highest BCUT2D eigenvalue weighted by atomic mass is 79.9. The van der Waals surface area contributed by atoms with Gasteiger partial charge in [-0.1, -0.05) is 6.07 Å². The maximum atomic E-state index is 4.26. The molecule has 0 amide bonds. The van der Waals surface area contributed by atoms with Crippen LogP contribution in [0.4, 0.5) is 5.82 Å². The first-order valence-electron chi connectivity index (χ1n) is 5.14. The van der Waals surface area contributed by atoms with Crippen LogP contribution in [-0.2, 0) is 0 Å². The minimum Gasteiger partial charge on any atom is -0.358 e. The lowest BCUT2D eigenvalue weighted by molar-refractivity contribution is 0.834. The van der Waals surface area contributed by atoms with Gasteiger partial charge in [0.05, 0.1) is 5.52 Å². The molecule has 0 atom stereocenters. The van der Waals surface area contributed by atoms with Crippen LogP contribution in [0.2, 0.25) is 0 Å². The normalized spacial score (nSPS) is 10.9. The molecule has 2 heterocycles. The van der Waals surface area contributed by atoms with Crippen LogP contribution in [0.25, 0.3) is 5.52 Å². The Hall–Kier alpha value is -1.03. The average Bonchev–Trinajstić information content (AvgIpc) is 2.64. The van der Waals surface area contributed by atoms with Gasteiger partial charge in [0.1, 0.15) is 16.7 Å². The number of pyridine rings is 1. The molecular weight excluding hydrogens is 254 g/mol. The Morgan fingerprint density at radius 2 is 2.07 bits per heavy atom. The van der Waals surface area contributed by atoms with Crippen LogP contribution in [0.15, 0.2) is 29.1 Å². The maximum Gasteiger partial charge on any atom is 0.131 e. The fraction of sp³-hybridized carbons (Fsp3) is 0.364. The van der Waals surface area contributed by atoms with Crippen molar-refractivity contribution in [2.45, 2.75) is 13.8 Å². The highest BCUT2D eigenvalue weighted by molar-refractivity contribution is 9.10. The third-order valence-corrected chi connectivity index (χ3v) is 3.20. The van der Waals surface area contributed by atoms with E-state index in [1.807, 2.05) is 6.33 Å². The highest BCUT2D eigenvalue weighted by Gasteiger charge is 2.08. The summed E-state index contributed by atoms with van der Waals surface area (Å²) in [5, 5.41) is 0. The molecule has 4 heteroatoms. The van der Waals surface area contributed by atoms with Crippen molar-refractivity contribution in [2.75, 3.05) is 18.0 Å². The first-order valence-corrected chi connectivity index (χ1v) is 5.93. The van der Waals surface area contributed by atoms with Crippen LogP contribution >= 0.6 is 15.9 Å². The van der Waals surface area contributed by atoms with Crippen molar-refractivity contribution in [3.05, 3.63) is 29.1 Å². The molecule has 0 saturated carbocycles. The fourth-order valence-corrected chi connectivity index (χ4v) is 2.19. The van der Waals surface area contributed by atoms with Crippen molar-refractivity contribution in [1.82, 2.24) is 9.38 Å². The molecular formula is C11H14BrN3. The van der Waals surface area contributed by atoms with Gasteiger partial charge in [0.15, 0.2) is 0 Å². The summed E-state index contributed by atoms with van der Waals surface area (Å²) in [6.45, 7) is 6.33.